The maximum atomic E-state index is 11.8. The van der Waals surface area contributed by atoms with Gasteiger partial charge in [-0.2, -0.15) is 0 Å². The van der Waals surface area contributed by atoms with Gasteiger partial charge in [-0.1, -0.05) is 43.0 Å². The Kier molecular flexibility index (Phi) is 6.15. The summed E-state index contributed by atoms with van der Waals surface area (Å²) in [4.78, 5) is 23.7. The number of aliphatic carboxylic acids is 1. The molecule has 0 radical (unpaired) electrons. The lowest BCUT2D eigenvalue weighted by Crippen LogP contribution is -2.33. The fourth-order valence-corrected chi connectivity index (χ4v) is 1.49. The number of carboxylic acid groups (broad SMARTS) is 1. The zero-order chi connectivity index (χ0) is 14.1. The van der Waals surface area contributed by atoms with Crippen molar-refractivity contribution in [3.05, 3.63) is 48.6 Å². The first kappa shape index (κ1) is 14.8. The van der Waals surface area contributed by atoms with Crippen molar-refractivity contribution in [3.63, 3.8) is 0 Å². The van der Waals surface area contributed by atoms with Gasteiger partial charge in [0.1, 0.15) is 6.61 Å². The molecular weight excluding hydrogens is 246 g/mol. The SMILES string of the molecule is C=CCOC(=O)N(CCC(=O)O)Cc1ccccc1. The van der Waals surface area contributed by atoms with E-state index in [4.69, 9.17) is 9.84 Å². The number of benzene rings is 1. The lowest BCUT2D eigenvalue weighted by atomic mass is 10.2. The number of carboxylic acids is 1. The molecule has 0 unspecified atom stereocenters. The molecule has 0 heterocycles. The van der Waals surface area contributed by atoms with E-state index in [1.807, 2.05) is 30.3 Å². The molecule has 0 aromatic heterocycles. The lowest BCUT2D eigenvalue weighted by Gasteiger charge is -2.21. The molecule has 0 atom stereocenters. The average Bonchev–Trinajstić information content (AvgIpc) is 2.41. The van der Waals surface area contributed by atoms with Crippen molar-refractivity contribution >= 4 is 12.1 Å². The number of rotatable bonds is 7. The van der Waals surface area contributed by atoms with Gasteiger partial charge in [0.05, 0.1) is 6.42 Å². The van der Waals surface area contributed by atoms with Gasteiger partial charge in [0.25, 0.3) is 0 Å². The van der Waals surface area contributed by atoms with Crippen LogP contribution >= 0.6 is 0 Å². The summed E-state index contributed by atoms with van der Waals surface area (Å²) in [6.07, 6.45) is 0.816. The normalized spacial score (nSPS) is 9.68. The van der Waals surface area contributed by atoms with Crippen molar-refractivity contribution in [2.75, 3.05) is 13.2 Å². The van der Waals surface area contributed by atoms with Crippen molar-refractivity contribution in [1.82, 2.24) is 4.90 Å². The van der Waals surface area contributed by atoms with Gasteiger partial charge in [-0.15, -0.1) is 0 Å². The van der Waals surface area contributed by atoms with Crippen LogP contribution in [-0.2, 0) is 16.1 Å². The van der Waals surface area contributed by atoms with E-state index in [2.05, 4.69) is 6.58 Å². The number of hydrogen-bond donors (Lipinski definition) is 1. The standard InChI is InChI=1S/C14H17NO4/c1-2-10-19-14(18)15(9-8-13(16)17)11-12-6-4-3-5-7-12/h2-7H,1,8-11H2,(H,16,17). The molecule has 0 bridgehead atoms. The van der Waals surface area contributed by atoms with Crippen LogP contribution in [-0.4, -0.2) is 35.2 Å². The Morgan fingerprint density at radius 3 is 2.58 bits per heavy atom. The summed E-state index contributed by atoms with van der Waals surface area (Å²) >= 11 is 0. The van der Waals surface area contributed by atoms with E-state index in [-0.39, 0.29) is 19.6 Å². The van der Waals surface area contributed by atoms with E-state index < -0.39 is 12.1 Å². The number of carbonyl (C=O) groups excluding carboxylic acids is 1. The lowest BCUT2D eigenvalue weighted by molar-refractivity contribution is -0.137. The van der Waals surface area contributed by atoms with Crippen molar-refractivity contribution in [1.29, 1.82) is 0 Å². The van der Waals surface area contributed by atoms with Gasteiger partial charge < -0.3 is 14.7 Å². The topological polar surface area (TPSA) is 66.8 Å². The highest BCUT2D eigenvalue weighted by Gasteiger charge is 2.16. The van der Waals surface area contributed by atoms with Crippen molar-refractivity contribution < 1.29 is 19.4 Å². The van der Waals surface area contributed by atoms with Gasteiger partial charge >= 0.3 is 12.1 Å². The summed E-state index contributed by atoms with van der Waals surface area (Å²) in [6, 6.07) is 9.34. The Balaban J connectivity index is 2.65. The maximum absolute atomic E-state index is 11.8. The first-order valence-electron chi connectivity index (χ1n) is 5.92. The van der Waals surface area contributed by atoms with Crippen LogP contribution in [0.2, 0.25) is 0 Å². The minimum atomic E-state index is -0.949. The predicted octanol–water partition coefficient (Wildman–Crippen LogP) is 2.29. The van der Waals surface area contributed by atoms with E-state index in [0.717, 1.165) is 5.56 Å². The summed E-state index contributed by atoms with van der Waals surface area (Å²) in [5.41, 5.74) is 0.920. The molecule has 0 aliphatic heterocycles. The molecule has 0 aliphatic rings. The smallest absolute Gasteiger partial charge is 0.410 e. The van der Waals surface area contributed by atoms with E-state index >= 15 is 0 Å². The molecule has 0 saturated heterocycles. The fourth-order valence-electron chi connectivity index (χ4n) is 1.49. The molecule has 1 N–H and O–H groups in total. The molecule has 5 nitrogen and oxygen atoms in total. The van der Waals surface area contributed by atoms with E-state index in [1.54, 1.807) is 0 Å². The van der Waals surface area contributed by atoms with Crippen LogP contribution in [0.4, 0.5) is 4.79 Å². The van der Waals surface area contributed by atoms with Crippen LogP contribution < -0.4 is 0 Å². The molecule has 19 heavy (non-hydrogen) atoms. The third-order valence-electron chi connectivity index (χ3n) is 2.39. The zero-order valence-corrected chi connectivity index (χ0v) is 10.6. The Labute approximate surface area is 112 Å². The molecule has 0 spiro atoms. The Hall–Kier alpha value is -2.30. The monoisotopic (exact) mass is 263 g/mol. The van der Waals surface area contributed by atoms with E-state index in [1.165, 1.54) is 11.0 Å². The molecule has 0 fully saturated rings. The van der Waals surface area contributed by atoms with Gasteiger partial charge in [0.2, 0.25) is 0 Å². The van der Waals surface area contributed by atoms with Gasteiger partial charge in [0, 0.05) is 13.1 Å². The highest BCUT2D eigenvalue weighted by atomic mass is 16.6. The fraction of sp³-hybridized carbons (Fsp3) is 0.286. The molecule has 102 valence electrons. The minimum Gasteiger partial charge on any atom is -0.481 e. The minimum absolute atomic E-state index is 0.108. The largest absolute Gasteiger partial charge is 0.481 e. The van der Waals surface area contributed by atoms with Gasteiger partial charge in [-0.05, 0) is 5.56 Å². The number of amides is 1. The number of nitrogens with zero attached hydrogens (tertiary/aromatic N) is 1. The molecule has 0 saturated carbocycles. The highest BCUT2D eigenvalue weighted by Crippen LogP contribution is 2.07. The quantitative estimate of drug-likeness (QED) is 0.766. The molecule has 1 amide bonds. The first-order valence-corrected chi connectivity index (χ1v) is 5.92. The van der Waals surface area contributed by atoms with Crippen LogP contribution in [0.5, 0.6) is 0 Å². The average molecular weight is 263 g/mol. The Morgan fingerprint density at radius 1 is 1.32 bits per heavy atom. The van der Waals surface area contributed by atoms with Crippen LogP contribution in [0, 0.1) is 0 Å². The van der Waals surface area contributed by atoms with Crippen LogP contribution in [0.15, 0.2) is 43.0 Å². The molecule has 0 aliphatic carbocycles. The third kappa shape index (κ3) is 5.72. The van der Waals surface area contributed by atoms with Gasteiger partial charge in [0.15, 0.2) is 0 Å². The molecule has 1 aromatic carbocycles. The second-order valence-corrected chi connectivity index (χ2v) is 3.92. The molecular formula is C14H17NO4. The molecule has 5 heteroatoms. The van der Waals surface area contributed by atoms with Crippen LogP contribution in [0.25, 0.3) is 0 Å². The van der Waals surface area contributed by atoms with E-state index in [9.17, 15) is 9.59 Å². The van der Waals surface area contributed by atoms with E-state index in [0.29, 0.717) is 6.54 Å². The Bertz CT molecular complexity index is 430. The summed E-state index contributed by atoms with van der Waals surface area (Å²) in [5, 5.41) is 8.69. The number of ether oxygens (including phenoxy) is 1. The highest BCUT2D eigenvalue weighted by molar-refractivity contribution is 5.70. The van der Waals surface area contributed by atoms with Crippen LogP contribution in [0.1, 0.15) is 12.0 Å². The summed E-state index contributed by atoms with van der Waals surface area (Å²) in [5.74, 6) is -0.949. The Morgan fingerprint density at radius 2 is 2.00 bits per heavy atom. The predicted molar refractivity (Wildman–Crippen MR) is 70.6 cm³/mol. The third-order valence-corrected chi connectivity index (χ3v) is 2.39. The van der Waals surface area contributed by atoms with Gasteiger partial charge in [-0.25, -0.2) is 4.79 Å². The molecule has 1 rings (SSSR count). The summed E-state index contributed by atoms with van der Waals surface area (Å²) in [7, 11) is 0. The number of carbonyl (C=O) groups is 2. The van der Waals surface area contributed by atoms with Crippen LogP contribution in [0.3, 0.4) is 0 Å². The maximum Gasteiger partial charge on any atom is 0.410 e. The second-order valence-electron chi connectivity index (χ2n) is 3.92. The van der Waals surface area contributed by atoms with Gasteiger partial charge in [-0.3, -0.25) is 4.79 Å². The second kappa shape index (κ2) is 7.92. The van der Waals surface area contributed by atoms with Crippen molar-refractivity contribution in [2.45, 2.75) is 13.0 Å². The zero-order valence-electron chi connectivity index (χ0n) is 10.6. The van der Waals surface area contributed by atoms with Crippen molar-refractivity contribution in [2.24, 2.45) is 0 Å². The summed E-state index contributed by atoms with van der Waals surface area (Å²) < 4.78 is 4.93. The number of hydrogen-bond acceptors (Lipinski definition) is 3. The first-order chi connectivity index (χ1) is 9.13. The summed E-state index contributed by atoms with van der Waals surface area (Å²) in [6.45, 7) is 4.00. The molecule has 1 aromatic rings. The van der Waals surface area contributed by atoms with Crippen molar-refractivity contribution in [3.8, 4) is 0 Å².